The molecule has 152 valence electrons. The molecule has 1 saturated heterocycles. The number of para-hydroxylation sites is 1. The second-order valence-corrected chi connectivity index (χ2v) is 7.68. The number of fused-ring (bicyclic) bond motifs is 1. The molecule has 0 amide bonds. The molecule has 0 unspecified atom stereocenters. The van der Waals surface area contributed by atoms with Crippen molar-refractivity contribution in [1.82, 2.24) is 25.1 Å². The highest BCUT2D eigenvalue weighted by Crippen LogP contribution is 2.31. The quantitative estimate of drug-likeness (QED) is 0.538. The molecule has 1 aliphatic rings. The van der Waals surface area contributed by atoms with E-state index in [1.54, 1.807) is 12.4 Å². The molecule has 0 saturated carbocycles. The first-order valence-corrected chi connectivity index (χ1v) is 10.1. The highest BCUT2D eigenvalue weighted by atomic mass is 19.1. The first kappa shape index (κ1) is 18.8. The maximum Gasteiger partial charge on any atom is 0.129 e. The second kappa shape index (κ2) is 7.57. The van der Waals surface area contributed by atoms with Crippen molar-refractivity contribution in [3.05, 3.63) is 66.1 Å². The summed E-state index contributed by atoms with van der Waals surface area (Å²) in [5.41, 5.74) is 3.93. The third-order valence-corrected chi connectivity index (χ3v) is 5.74. The molecule has 1 N–H and O–H groups in total. The fraction of sp³-hybridized carbons (Fsp3) is 0.261. The molecule has 0 atom stereocenters. The minimum absolute atomic E-state index is 0.0103. The van der Waals surface area contributed by atoms with E-state index >= 15 is 0 Å². The Labute approximate surface area is 172 Å². The van der Waals surface area contributed by atoms with Crippen LogP contribution in [0.25, 0.3) is 33.4 Å². The molecule has 2 aromatic carbocycles. The van der Waals surface area contributed by atoms with Gasteiger partial charge in [-0.15, -0.1) is 0 Å². The third kappa shape index (κ3) is 3.35. The number of hydrogen-bond donors (Lipinski definition) is 1. The van der Waals surface area contributed by atoms with Gasteiger partial charge in [0.25, 0.3) is 0 Å². The number of rotatable bonds is 3. The van der Waals surface area contributed by atoms with Gasteiger partial charge in [0.15, 0.2) is 0 Å². The van der Waals surface area contributed by atoms with E-state index in [-0.39, 0.29) is 5.56 Å². The molecule has 5 rings (SSSR count). The van der Waals surface area contributed by atoms with E-state index in [2.05, 4.69) is 15.4 Å². The number of halogens is 2. The molecule has 7 heteroatoms. The van der Waals surface area contributed by atoms with Crippen LogP contribution in [-0.2, 0) is 0 Å². The van der Waals surface area contributed by atoms with E-state index in [1.807, 2.05) is 29.1 Å². The summed E-state index contributed by atoms with van der Waals surface area (Å²) >= 11 is 0. The Bertz CT molecular complexity index is 1200. The Kier molecular flexibility index (Phi) is 4.75. The lowest BCUT2D eigenvalue weighted by atomic mass is 10.0. The fourth-order valence-electron chi connectivity index (χ4n) is 3.95. The van der Waals surface area contributed by atoms with Crippen molar-refractivity contribution >= 4 is 11.0 Å². The van der Waals surface area contributed by atoms with Crippen LogP contribution in [0.4, 0.5) is 8.78 Å². The maximum absolute atomic E-state index is 14.2. The van der Waals surface area contributed by atoms with Gasteiger partial charge in [0.05, 0.1) is 35.2 Å². The van der Waals surface area contributed by atoms with Gasteiger partial charge in [-0.3, -0.25) is 9.67 Å². The van der Waals surface area contributed by atoms with Gasteiger partial charge in [0.2, 0.25) is 0 Å². The van der Waals surface area contributed by atoms with Crippen molar-refractivity contribution in [3.8, 4) is 22.4 Å². The largest absolute Gasteiger partial charge is 0.317 e. The van der Waals surface area contributed by atoms with E-state index in [4.69, 9.17) is 4.98 Å². The smallest absolute Gasteiger partial charge is 0.129 e. The third-order valence-electron chi connectivity index (χ3n) is 5.74. The zero-order valence-electron chi connectivity index (χ0n) is 16.6. The monoisotopic (exact) mass is 405 g/mol. The van der Waals surface area contributed by atoms with Crippen LogP contribution in [0.1, 0.15) is 24.4 Å². The standard InChI is InChI=1S/C23H21F2N5/c1-14-19(24)9-15(10-20(14)25)18-3-2-4-21-23(18)29-22(12-27-21)16-11-28-30(13-16)17-5-7-26-8-6-17/h2-4,9-13,17,26H,5-8H2,1H3. The summed E-state index contributed by atoms with van der Waals surface area (Å²) in [6.07, 6.45) is 7.59. The Balaban J connectivity index is 1.58. The van der Waals surface area contributed by atoms with E-state index in [1.165, 1.54) is 19.1 Å². The number of nitrogens with one attached hydrogen (secondary N) is 1. The average molecular weight is 405 g/mol. The summed E-state index contributed by atoms with van der Waals surface area (Å²) in [4.78, 5) is 9.32. The highest BCUT2D eigenvalue weighted by molar-refractivity contribution is 5.92. The summed E-state index contributed by atoms with van der Waals surface area (Å²) in [5.74, 6) is -1.15. The summed E-state index contributed by atoms with van der Waals surface area (Å²) in [5, 5.41) is 7.89. The van der Waals surface area contributed by atoms with Gasteiger partial charge < -0.3 is 5.32 Å². The summed E-state index contributed by atoms with van der Waals surface area (Å²) in [6, 6.07) is 8.53. The van der Waals surface area contributed by atoms with Crippen LogP contribution in [0.5, 0.6) is 0 Å². The van der Waals surface area contributed by atoms with Crippen LogP contribution >= 0.6 is 0 Å². The first-order chi connectivity index (χ1) is 14.6. The lowest BCUT2D eigenvalue weighted by molar-refractivity contribution is 0.343. The number of nitrogens with zero attached hydrogens (tertiary/aromatic N) is 4. The van der Waals surface area contributed by atoms with Gasteiger partial charge >= 0.3 is 0 Å². The predicted molar refractivity (Wildman–Crippen MR) is 112 cm³/mol. The molecular weight excluding hydrogens is 384 g/mol. The first-order valence-electron chi connectivity index (χ1n) is 10.1. The molecule has 0 aliphatic carbocycles. The van der Waals surface area contributed by atoms with Crippen LogP contribution in [-0.4, -0.2) is 32.8 Å². The van der Waals surface area contributed by atoms with E-state index in [0.29, 0.717) is 33.9 Å². The SMILES string of the molecule is Cc1c(F)cc(-c2cccc3ncc(-c4cnn(C5CCNCC5)c4)nc23)cc1F. The lowest BCUT2D eigenvalue weighted by Crippen LogP contribution is -2.29. The van der Waals surface area contributed by atoms with Crippen molar-refractivity contribution in [2.24, 2.45) is 0 Å². The molecule has 30 heavy (non-hydrogen) atoms. The topological polar surface area (TPSA) is 55.6 Å². The van der Waals surface area contributed by atoms with Gasteiger partial charge in [0, 0.05) is 22.9 Å². The number of piperidine rings is 1. The van der Waals surface area contributed by atoms with E-state index in [0.717, 1.165) is 31.5 Å². The molecule has 1 aliphatic heterocycles. The molecule has 4 aromatic rings. The highest BCUT2D eigenvalue weighted by Gasteiger charge is 2.17. The van der Waals surface area contributed by atoms with Crippen molar-refractivity contribution in [1.29, 1.82) is 0 Å². The fourth-order valence-corrected chi connectivity index (χ4v) is 3.95. The Morgan fingerprint density at radius 1 is 1.03 bits per heavy atom. The predicted octanol–water partition coefficient (Wildman–Crippen LogP) is 4.67. The van der Waals surface area contributed by atoms with Crippen molar-refractivity contribution < 1.29 is 8.78 Å². The summed E-state index contributed by atoms with van der Waals surface area (Å²) < 4.78 is 30.3. The molecule has 5 nitrogen and oxygen atoms in total. The molecule has 1 fully saturated rings. The minimum Gasteiger partial charge on any atom is -0.317 e. The van der Waals surface area contributed by atoms with Crippen molar-refractivity contribution in [2.45, 2.75) is 25.8 Å². The lowest BCUT2D eigenvalue weighted by Gasteiger charge is -2.22. The summed E-state index contributed by atoms with van der Waals surface area (Å²) in [6.45, 7) is 3.40. The Morgan fingerprint density at radius 2 is 1.80 bits per heavy atom. The maximum atomic E-state index is 14.2. The zero-order chi connectivity index (χ0) is 20.7. The molecule has 0 radical (unpaired) electrons. The number of hydrogen-bond acceptors (Lipinski definition) is 4. The minimum atomic E-state index is -0.575. The van der Waals surface area contributed by atoms with Gasteiger partial charge in [-0.1, -0.05) is 12.1 Å². The Hall–Kier alpha value is -3.19. The van der Waals surface area contributed by atoms with Crippen LogP contribution in [0.3, 0.4) is 0 Å². The van der Waals surface area contributed by atoms with Gasteiger partial charge in [0.1, 0.15) is 11.6 Å². The normalized spacial score (nSPS) is 15.0. The van der Waals surface area contributed by atoms with Crippen LogP contribution in [0.15, 0.2) is 48.9 Å². The summed E-state index contributed by atoms with van der Waals surface area (Å²) in [7, 11) is 0. The van der Waals surface area contributed by atoms with Crippen molar-refractivity contribution in [3.63, 3.8) is 0 Å². The average Bonchev–Trinajstić information content (AvgIpc) is 3.27. The van der Waals surface area contributed by atoms with Crippen molar-refractivity contribution in [2.75, 3.05) is 13.1 Å². The molecular formula is C23H21F2N5. The van der Waals surface area contributed by atoms with Gasteiger partial charge in [-0.25, -0.2) is 13.8 Å². The van der Waals surface area contributed by atoms with Gasteiger partial charge in [-0.2, -0.15) is 5.10 Å². The van der Waals surface area contributed by atoms with E-state index in [9.17, 15) is 8.78 Å². The van der Waals surface area contributed by atoms with Crippen LogP contribution in [0, 0.1) is 18.6 Å². The second-order valence-electron chi connectivity index (χ2n) is 7.68. The van der Waals surface area contributed by atoms with Crippen LogP contribution in [0.2, 0.25) is 0 Å². The molecule has 0 bridgehead atoms. The number of benzene rings is 2. The van der Waals surface area contributed by atoms with E-state index < -0.39 is 11.6 Å². The molecule has 3 heterocycles. The zero-order valence-corrected chi connectivity index (χ0v) is 16.6. The van der Waals surface area contributed by atoms with Crippen LogP contribution < -0.4 is 5.32 Å². The molecule has 0 spiro atoms. The van der Waals surface area contributed by atoms with Gasteiger partial charge in [-0.05, 0) is 56.6 Å². The molecule has 2 aromatic heterocycles. The number of aromatic nitrogens is 4. The Morgan fingerprint density at radius 3 is 2.57 bits per heavy atom.